The Hall–Kier alpha value is -0.730. The van der Waals surface area contributed by atoms with E-state index in [1.54, 1.807) is 0 Å². The highest BCUT2D eigenvalue weighted by atomic mass is 35.5. The molecular weight excluding hydrogens is 280 g/mol. The molecule has 3 heteroatoms. The van der Waals surface area contributed by atoms with Crippen molar-refractivity contribution in [1.29, 1.82) is 0 Å². The summed E-state index contributed by atoms with van der Waals surface area (Å²) >= 11 is 6.45. The van der Waals surface area contributed by atoms with Crippen LogP contribution in [0.15, 0.2) is 18.2 Å². The molecule has 0 spiro atoms. The van der Waals surface area contributed by atoms with E-state index in [4.69, 9.17) is 11.6 Å². The van der Waals surface area contributed by atoms with E-state index in [1.165, 1.54) is 24.1 Å². The van der Waals surface area contributed by atoms with E-state index in [0.29, 0.717) is 6.04 Å². The molecule has 0 fully saturated rings. The molecule has 0 atom stereocenters. The second-order valence-corrected chi connectivity index (χ2v) is 6.40. The molecule has 0 aromatic heterocycles. The predicted octanol–water partition coefficient (Wildman–Crippen LogP) is 5.10. The highest BCUT2D eigenvalue weighted by molar-refractivity contribution is 6.31. The molecule has 1 aromatic carbocycles. The van der Waals surface area contributed by atoms with Crippen molar-refractivity contribution >= 4 is 17.3 Å². The minimum atomic E-state index is 0.461. The number of benzene rings is 1. The fourth-order valence-electron chi connectivity index (χ4n) is 2.58. The molecule has 0 aliphatic carbocycles. The Kier molecular flexibility index (Phi) is 8.13. The van der Waals surface area contributed by atoms with E-state index in [1.807, 2.05) is 6.07 Å². The third-order valence-corrected chi connectivity index (χ3v) is 4.49. The van der Waals surface area contributed by atoms with Crippen molar-refractivity contribution in [2.45, 2.75) is 60.0 Å². The first-order valence-electron chi connectivity index (χ1n) is 8.29. The summed E-state index contributed by atoms with van der Waals surface area (Å²) in [5.41, 5.74) is 2.51. The summed E-state index contributed by atoms with van der Waals surface area (Å²) in [6, 6.07) is 6.72. The van der Waals surface area contributed by atoms with Gasteiger partial charge in [0.05, 0.1) is 0 Å². The fourth-order valence-corrected chi connectivity index (χ4v) is 2.82. The molecule has 0 saturated carbocycles. The average Bonchev–Trinajstić information content (AvgIpc) is 2.47. The van der Waals surface area contributed by atoms with E-state index in [9.17, 15) is 0 Å². The van der Waals surface area contributed by atoms with Crippen LogP contribution < -0.4 is 10.2 Å². The number of nitrogens with zero attached hydrogens (tertiary/aromatic N) is 1. The van der Waals surface area contributed by atoms with Crippen LogP contribution in [0.3, 0.4) is 0 Å². The molecule has 0 amide bonds. The molecule has 1 N–H and O–H groups in total. The molecule has 0 heterocycles. The van der Waals surface area contributed by atoms with Crippen LogP contribution >= 0.6 is 11.6 Å². The quantitative estimate of drug-likeness (QED) is 0.682. The van der Waals surface area contributed by atoms with Gasteiger partial charge in [0.1, 0.15) is 0 Å². The number of anilines is 1. The van der Waals surface area contributed by atoms with Gasteiger partial charge < -0.3 is 10.2 Å². The van der Waals surface area contributed by atoms with Crippen LogP contribution in [0.1, 0.15) is 53.0 Å². The Labute approximate surface area is 135 Å². The van der Waals surface area contributed by atoms with Crippen molar-refractivity contribution in [3.05, 3.63) is 28.8 Å². The Morgan fingerprint density at radius 1 is 1.14 bits per heavy atom. The van der Waals surface area contributed by atoms with Gasteiger partial charge in [0, 0.05) is 41.9 Å². The summed E-state index contributed by atoms with van der Waals surface area (Å²) in [4.78, 5) is 2.47. The molecule has 0 aliphatic rings. The standard InChI is InChI=1S/C18H31ClN2/c1-6-15(7-2)13-21(8-3)18-11-9-10-17(19)16(18)12-20-14(4)5/h9-11,14-15,20H,6-8,12-13H2,1-5H3. The van der Waals surface area contributed by atoms with Crippen LogP contribution in [0.25, 0.3) is 0 Å². The summed E-state index contributed by atoms with van der Waals surface area (Å²) in [7, 11) is 0. The maximum Gasteiger partial charge on any atom is 0.0471 e. The second kappa shape index (κ2) is 9.32. The van der Waals surface area contributed by atoms with Crippen molar-refractivity contribution in [2.24, 2.45) is 5.92 Å². The minimum absolute atomic E-state index is 0.461. The molecule has 0 saturated heterocycles. The SMILES string of the molecule is CCC(CC)CN(CC)c1cccc(Cl)c1CNC(C)C. The van der Waals surface area contributed by atoms with Gasteiger partial charge in [-0.25, -0.2) is 0 Å². The summed E-state index contributed by atoms with van der Waals surface area (Å²) in [5, 5.41) is 4.36. The van der Waals surface area contributed by atoms with E-state index in [2.05, 4.69) is 57.0 Å². The van der Waals surface area contributed by atoms with Gasteiger partial charge in [0.15, 0.2) is 0 Å². The number of hydrogen-bond donors (Lipinski definition) is 1. The molecule has 21 heavy (non-hydrogen) atoms. The van der Waals surface area contributed by atoms with Crippen molar-refractivity contribution in [3.63, 3.8) is 0 Å². The number of rotatable bonds is 9. The zero-order valence-electron chi connectivity index (χ0n) is 14.2. The summed E-state index contributed by atoms with van der Waals surface area (Å²) in [5.74, 6) is 0.745. The van der Waals surface area contributed by atoms with Gasteiger partial charge in [0.2, 0.25) is 0 Å². The zero-order chi connectivity index (χ0) is 15.8. The van der Waals surface area contributed by atoms with Gasteiger partial charge in [0.25, 0.3) is 0 Å². The first kappa shape index (κ1) is 18.3. The maximum absolute atomic E-state index is 6.45. The van der Waals surface area contributed by atoms with Crippen LogP contribution in [0, 0.1) is 5.92 Å². The van der Waals surface area contributed by atoms with Crippen LogP contribution in [0.2, 0.25) is 5.02 Å². The summed E-state index contributed by atoms with van der Waals surface area (Å²) in [6.07, 6.45) is 2.46. The van der Waals surface area contributed by atoms with E-state index >= 15 is 0 Å². The van der Waals surface area contributed by atoms with Crippen molar-refractivity contribution in [1.82, 2.24) is 5.32 Å². The molecule has 2 nitrogen and oxygen atoms in total. The molecule has 0 bridgehead atoms. The van der Waals surface area contributed by atoms with E-state index in [0.717, 1.165) is 30.6 Å². The fraction of sp³-hybridized carbons (Fsp3) is 0.667. The highest BCUT2D eigenvalue weighted by Crippen LogP contribution is 2.29. The smallest absolute Gasteiger partial charge is 0.0471 e. The minimum Gasteiger partial charge on any atom is -0.371 e. The largest absolute Gasteiger partial charge is 0.371 e. The van der Waals surface area contributed by atoms with Crippen LogP contribution in [-0.4, -0.2) is 19.1 Å². The first-order chi connectivity index (χ1) is 10.0. The van der Waals surface area contributed by atoms with Crippen LogP contribution in [0.4, 0.5) is 5.69 Å². The third kappa shape index (κ3) is 5.52. The monoisotopic (exact) mass is 310 g/mol. The number of halogens is 1. The normalized spacial score (nSPS) is 11.4. The lowest BCUT2D eigenvalue weighted by atomic mass is 10.0. The Morgan fingerprint density at radius 3 is 2.33 bits per heavy atom. The topological polar surface area (TPSA) is 15.3 Å². The van der Waals surface area contributed by atoms with Crippen molar-refractivity contribution < 1.29 is 0 Å². The Morgan fingerprint density at radius 2 is 1.81 bits per heavy atom. The summed E-state index contributed by atoms with van der Waals surface area (Å²) < 4.78 is 0. The van der Waals surface area contributed by atoms with Gasteiger partial charge in [-0.3, -0.25) is 0 Å². The predicted molar refractivity (Wildman–Crippen MR) is 95.4 cm³/mol. The molecular formula is C18H31ClN2. The van der Waals surface area contributed by atoms with Crippen LogP contribution in [0.5, 0.6) is 0 Å². The first-order valence-corrected chi connectivity index (χ1v) is 8.66. The molecule has 1 aromatic rings. The van der Waals surface area contributed by atoms with Gasteiger partial charge in [-0.05, 0) is 25.0 Å². The maximum atomic E-state index is 6.45. The van der Waals surface area contributed by atoms with Gasteiger partial charge in [-0.2, -0.15) is 0 Å². The van der Waals surface area contributed by atoms with E-state index < -0.39 is 0 Å². The number of hydrogen-bond acceptors (Lipinski definition) is 2. The lowest BCUT2D eigenvalue weighted by Crippen LogP contribution is -2.31. The second-order valence-electron chi connectivity index (χ2n) is 5.99. The lowest BCUT2D eigenvalue weighted by Gasteiger charge is -2.30. The summed E-state index contributed by atoms with van der Waals surface area (Å²) in [6.45, 7) is 14.1. The van der Waals surface area contributed by atoms with E-state index in [-0.39, 0.29) is 0 Å². The molecule has 120 valence electrons. The molecule has 0 aliphatic heterocycles. The van der Waals surface area contributed by atoms with Gasteiger partial charge in [-0.1, -0.05) is 58.2 Å². The molecule has 0 radical (unpaired) electrons. The van der Waals surface area contributed by atoms with Gasteiger partial charge in [-0.15, -0.1) is 0 Å². The van der Waals surface area contributed by atoms with Gasteiger partial charge >= 0.3 is 0 Å². The average molecular weight is 311 g/mol. The Balaban J connectivity index is 2.99. The van der Waals surface area contributed by atoms with Crippen molar-refractivity contribution in [2.75, 3.05) is 18.0 Å². The molecule has 1 rings (SSSR count). The lowest BCUT2D eigenvalue weighted by molar-refractivity contribution is 0.485. The van der Waals surface area contributed by atoms with Crippen molar-refractivity contribution in [3.8, 4) is 0 Å². The molecule has 0 unspecified atom stereocenters. The Bertz CT molecular complexity index is 414. The highest BCUT2D eigenvalue weighted by Gasteiger charge is 2.15. The third-order valence-electron chi connectivity index (χ3n) is 4.14. The number of nitrogens with one attached hydrogen (secondary N) is 1. The van der Waals surface area contributed by atoms with Crippen LogP contribution in [-0.2, 0) is 6.54 Å². The zero-order valence-corrected chi connectivity index (χ0v) is 15.0.